The fraction of sp³-hybridized carbons (Fsp3) is 0.0769. The maximum absolute atomic E-state index is 12.1. The molecule has 2 aromatic rings. The van der Waals surface area contributed by atoms with Crippen molar-refractivity contribution in [3.05, 3.63) is 62.6 Å². The fourth-order valence-corrected chi connectivity index (χ4v) is 3.04. The number of nitro benzene ring substituents is 1. The van der Waals surface area contributed by atoms with Gasteiger partial charge in [-0.1, -0.05) is 17.7 Å². The third-order valence-electron chi connectivity index (χ3n) is 2.64. The topological polar surface area (TPSA) is 86.5 Å². The van der Waals surface area contributed by atoms with Gasteiger partial charge in [0.1, 0.15) is 4.90 Å². The summed E-state index contributed by atoms with van der Waals surface area (Å²) < 4.78 is 29.4. The lowest BCUT2D eigenvalue weighted by atomic mass is 10.2. The second-order valence-corrected chi connectivity index (χ2v) is 6.62. The van der Waals surface area contributed by atoms with Crippen LogP contribution in [0, 0.1) is 17.0 Å². The first-order chi connectivity index (χ1) is 9.79. The molecule has 0 bridgehead atoms. The van der Waals surface area contributed by atoms with Gasteiger partial charge >= 0.3 is 10.1 Å². The lowest BCUT2D eigenvalue weighted by Gasteiger charge is -2.08. The highest BCUT2D eigenvalue weighted by Crippen LogP contribution is 2.31. The zero-order valence-corrected chi connectivity index (χ0v) is 13.2. The fourth-order valence-electron chi connectivity index (χ4n) is 1.54. The van der Waals surface area contributed by atoms with Gasteiger partial charge in [-0.3, -0.25) is 10.1 Å². The van der Waals surface area contributed by atoms with Gasteiger partial charge < -0.3 is 4.18 Å². The largest absolute Gasteiger partial charge is 0.378 e. The quantitative estimate of drug-likeness (QED) is 0.466. The van der Waals surface area contributed by atoms with E-state index in [0.29, 0.717) is 0 Å². The Morgan fingerprint density at radius 3 is 2.29 bits per heavy atom. The Morgan fingerprint density at radius 2 is 1.76 bits per heavy atom. The molecule has 0 unspecified atom stereocenters. The second-order valence-electron chi connectivity index (χ2n) is 4.22. The van der Waals surface area contributed by atoms with Gasteiger partial charge in [0.15, 0.2) is 5.75 Å². The van der Waals surface area contributed by atoms with Crippen LogP contribution in [0.5, 0.6) is 5.75 Å². The van der Waals surface area contributed by atoms with E-state index in [1.807, 2.05) is 6.92 Å². The summed E-state index contributed by atoms with van der Waals surface area (Å²) >= 11 is 3.06. The van der Waals surface area contributed by atoms with E-state index < -0.39 is 15.0 Å². The molecule has 0 aliphatic carbocycles. The van der Waals surface area contributed by atoms with E-state index in [1.165, 1.54) is 30.3 Å². The van der Waals surface area contributed by atoms with E-state index in [9.17, 15) is 18.5 Å². The molecule has 110 valence electrons. The highest BCUT2D eigenvalue weighted by atomic mass is 79.9. The van der Waals surface area contributed by atoms with Crippen molar-refractivity contribution in [3.63, 3.8) is 0 Å². The van der Waals surface area contributed by atoms with Gasteiger partial charge in [-0.15, -0.1) is 0 Å². The Bertz CT molecular complexity index is 787. The molecule has 0 saturated carbocycles. The van der Waals surface area contributed by atoms with Crippen LogP contribution >= 0.6 is 15.9 Å². The van der Waals surface area contributed by atoms with E-state index in [0.717, 1.165) is 5.56 Å². The lowest BCUT2D eigenvalue weighted by Crippen LogP contribution is -2.10. The minimum Gasteiger partial charge on any atom is -0.378 e. The molecule has 21 heavy (non-hydrogen) atoms. The number of rotatable bonds is 4. The van der Waals surface area contributed by atoms with Gasteiger partial charge in [-0.2, -0.15) is 8.42 Å². The molecule has 2 rings (SSSR count). The smallest absolute Gasteiger partial charge is 0.339 e. The lowest BCUT2D eigenvalue weighted by molar-refractivity contribution is -0.384. The van der Waals surface area contributed by atoms with Crippen LogP contribution < -0.4 is 4.18 Å². The molecule has 0 heterocycles. The number of hydrogen-bond acceptors (Lipinski definition) is 5. The first-order valence-corrected chi connectivity index (χ1v) is 7.95. The highest BCUT2D eigenvalue weighted by molar-refractivity contribution is 9.10. The first-order valence-electron chi connectivity index (χ1n) is 5.75. The minimum absolute atomic E-state index is 0.0124. The van der Waals surface area contributed by atoms with Crippen molar-refractivity contribution in [1.29, 1.82) is 0 Å². The molecule has 0 N–H and O–H groups in total. The Hall–Kier alpha value is -1.93. The molecule has 0 saturated heterocycles. The van der Waals surface area contributed by atoms with Crippen molar-refractivity contribution in [1.82, 2.24) is 0 Å². The Balaban J connectivity index is 2.32. The number of nitro groups is 1. The van der Waals surface area contributed by atoms with E-state index in [4.69, 9.17) is 4.18 Å². The summed E-state index contributed by atoms with van der Waals surface area (Å²) in [6.07, 6.45) is 0. The van der Waals surface area contributed by atoms with Gasteiger partial charge in [0, 0.05) is 12.1 Å². The van der Waals surface area contributed by atoms with Crippen molar-refractivity contribution in [2.24, 2.45) is 0 Å². The van der Waals surface area contributed by atoms with Gasteiger partial charge in [-0.25, -0.2) is 0 Å². The average molecular weight is 372 g/mol. The van der Waals surface area contributed by atoms with E-state index in [-0.39, 0.29) is 20.8 Å². The molecule has 8 heteroatoms. The number of halogens is 1. The van der Waals surface area contributed by atoms with Crippen molar-refractivity contribution < 1.29 is 17.5 Å². The van der Waals surface area contributed by atoms with Gasteiger partial charge in [-0.05, 0) is 41.1 Å². The number of nitrogens with zero attached hydrogens (tertiary/aromatic N) is 1. The molecule has 0 aromatic heterocycles. The van der Waals surface area contributed by atoms with E-state index in [1.54, 1.807) is 12.1 Å². The molecule has 0 spiro atoms. The third kappa shape index (κ3) is 3.59. The third-order valence-corrected chi connectivity index (χ3v) is 4.50. The molecule has 2 aromatic carbocycles. The number of non-ortho nitro benzene ring substituents is 1. The average Bonchev–Trinajstić information content (AvgIpc) is 2.41. The SMILES string of the molecule is Cc1ccc(S(=O)(=O)Oc2ccc([N+](=O)[O-])cc2Br)cc1. The van der Waals surface area contributed by atoms with Crippen LogP contribution in [-0.4, -0.2) is 13.3 Å². The van der Waals surface area contributed by atoms with Crippen LogP contribution in [0.1, 0.15) is 5.56 Å². The maximum atomic E-state index is 12.1. The summed E-state index contributed by atoms with van der Waals surface area (Å²) in [6.45, 7) is 1.84. The second kappa shape index (κ2) is 5.82. The predicted molar refractivity (Wildman–Crippen MR) is 79.8 cm³/mol. The number of aryl methyl sites for hydroxylation is 1. The Kier molecular flexibility index (Phi) is 4.29. The van der Waals surface area contributed by atoms with Crippen LogP contribution in [0.3, 0.4) is 0 Å². The predicted octanol–water partition coefficient (Wildman–Crippen LogP) is 3.43. The molecule has 0 atom stereocenters. The summed E-state index contributed by atoms with van der Waals surface area (Å²) in [7, 11) is -3.99. The van der Waals surface area contributed by atoms with Gasteiger partial charge in [0.05, 0.1) is 9.40 Å². The molecule has 0 amide bonds. The molecular weight excluding hydrogens is 362 g/mol. The van der Waals surface area contributed by atoms with Crippen LogP contribution in [0.25, 0.3) is 0 Å². The first kappa shape index (κ1) is 15.5. The monoisotopic (exact) mass is 371 g/mol. The summed E-state index contributed by atoms with van der Waals surface area (Å²) in [6, 6.07) is 9.76. The summed E-state index contributed by atoms with van der Waals surface area (Å²) in [5.41, 5.74) is 0.757. The number of hydrogen-bond donors (Lipinski definition) is 0. The molecule has 0 fully saturated rings. The Morgan fingerprint density at radius 1 is 1.14 bits per heavy atom. The zero-order valence-electron chi connectivity index (χ0n) is 10.8. The van der Waals surface area contributed by atoms with Crippen molar-refractivity contribution in [2.45, 2.75) is 11.8 Å². The molecule has 0 aliphatic heterocycles. The van der Waals surface area contributed by atoms with Crippen LogP contribution in [-0.2, 0) is 10.1 Å². The van der Waals surface area contributed by atoms with Gasteiger partial charge in [0.25, 0.3) is 5.69 Å². The van der Waals surface area contributed by atoms with Gasteiger partial charge in [0.2, 0.25) is 0 Å². The van der Waals surface area contributed by atoms with Crippen LogP contribution in [0.2, 0.25) is 0 Å². The molecule has 6 nitrogen and oxygen atoms in total. The summed E-state index contributed by atoms with van der Waals surface area (Å²) in [4.78, 5) is 10.1. The Labute approximate surface area is 129 Å². The molecule has 0 radical (unpaired) electrons. The number of benzene rings is 2. The van der Waals surface area contributed by atoms with Crippen molar-refractivity contribution in [3.8, 4) is 5.75 Å². The highest BCUT2D eigenvalue weighted by Gasteiger charge is 2.19. The standard InChI is InChI=1S/C13H10BrNO5S/c1-9-2-5-11(6-3-9)21(18,19)20-13-7-4-10(15(16)17)8-12(13)14/h2-8H,1H3. The van der Waals surface area contributed by atoms with E-state index >= 15 is 0 Å². The summed E-state index contributed by atoms with van der Waals surface area (Å²) in [5, 5.41) is 10.6. The van der Waals surface area contributed by atoms with E-state index in [2.05, 4.69) is 15.9 Å². The van der Waals surface area contributed by atoms with Crippen LogP contribution in [0.15, 0.2) is 51.8 Å². The zero-order chi connectivity index (χ0) is 15.6. The molecule has 0 aliphatic rings. The normalized spacial score (nSPS) is 11.1. The van der Waals surface area contributed by atoms with Crippen molar-refractivity contribution in [2.75, 3.05) is 0 Å². The van der Waals surface area contributed by atoms with Crippen molar-refractivity contribution >= 4 is 31.7 Å². The minimum atomic E-state index is -3.99. The molecular formula is C13H10BrNO5S. The van der Waals surface area contributed by atoms with Crippen LogP contribution in [0.4, 0.5) is 5.69 Å². The summed E-state index contributed by atoms with van der Waals surface area (Å²) in [5.74, 6) is -0.0128. The maximum Gasteiger partial charge on any atom is 0.339 e.